The molecule has 1 aromatic heterocycles. The van der Waals surface area contributed by atoms with Crippen LogP contribution in [-0.2, 0) is 0 Å². The molecule has 1 atom stereocenters. The Labute approximate surface area is 228 Å². The van der Waals surface area contributed by atoms with E-state index in [4.69, 9.17) is 9.72 Å². The van der Waals surface area contributed by atoms with Gasteiger partial charge in [-0.1, -0.05) is 6.07 Å². The molecule has 0 aliphatic heterocycles. The molecule has 36 heavy (non-hydrogen) atoms. The van der Waals surface area contributed by atoms with Crippen molar-refractivity contribution in [2.45, 2.75) is 24.8 Å². The second-order valence-corrected chi connectivity index (χ2v) is 15.3. The van der Waals surface area contributed by atoms with Gasteiger partial charge in [-0.3, -0.25) is 0 Å². The van der Waals surface area contributed by atoms with Crippen LogP contribution in [0.4, 0.5) is 5.69 Å². The van der Waals surface area contributed by atoms with Gasteiger partial charge in [-0.25, -0.2) is 0 Å². The Morgan fingerprint density at radius 3 is 2.50 bits per heavy atom. The fourth-order valence-electron chi connectivity index (χ4n) is 3.82. The first-order valence-electron chi connectivity index (χ1n) is 11.8. The topological polar surface area (TPSA) is 54.5 Å². The van der Waals surface area contributed by atoms with E-state index in [1.54, 1.807) is 11.3 Å². The zero-order valence-corrected chi connectivity index (χ0v) is 24.9. The summed E-state index contributed by atoms with van der Waals surface area (Å²) < 4.78 is 8.01. The first-order valence-corrected chi connectivity index (χ1v) is 16.7. The number of ether oxygens (including phenoxy) is 1. The van der Waals surface area contributed by atoms with E-state index in [0.717, 1.165) is 44.9 Å². The van der Waals surface area contributed by atoms with Gasteiger partial charge in [0.1, 0.15) is 5.75 Å². The zero-order valence-electron chi connectivity index (χ0n) is 21.4. The molecule has 0 aliphatic rings. The molecular weight excluding hydrogens is 553 g/mol. The van der Waals surface area contributed by atoms with Crippen molar-refractivity contribution in [3.8, 4) is 16.9 Å². The van der Waals surface area contributed by atoms with Crippen LogP contribution >= 0.6 is 23.7 Å². The summed E-state index contributed by atoms with van der Waals surface area (Å²) in [5.74, 6) is 0.763. The van der Waals surface area contributed by atoms with Crippen LogP contribution < -0.4 is 13.8 Å². The zero-order chi connectivity index (χ0) is 24.9. The van der Waals surface area contributed by atoms with E-state index in [9.17, 15) is 4.79 Å². The SMILES string of the molecule is CCOc1ccc(-c2ccc(C(=O)Nc3ccc4nc([As](C)CCN(C)C)sc4c3)cc2)c(C)c1.Cl. The number of anilines is 1. The van der Waals surface area contributed by atoms with Gasteiger partial charge in [0.05, 0.1) is 6.61 Å². The van der Waals surface area contributed by atoms with E-state index in [0.29, 0.717) is 12.2 Å². The third-order valence-electron chi connectivity index (χ3n) is 5.81. The molecule has 0 bridgehead atoms. The summed E-state index contributed by atoms with van der Waals surface area (Å²) in [5.41, 5.74) is 8.17. The van der Waals surface area contributed by atoms with Crippen LogP contribution in [0.25, 0.3) is 21.3 Å². The van der Waals surface area contributed by atoms with Crippen molar-refractivity contribution < 1.29 is 9.53 Å². The molecular formula is C28H33AsClN3O2S. The number of amides is 1. The number of aromatic nitrogens is 1. The summed E-state index contributed by atoms with van der Waals surface area (Å²) in [6, 6.07) is 19.8. The molecule has 0 spiro atoms. The van der Waals surface area contributed by atoms with Gasteiger partial charge in [0.15, 0.2) is 0 Å². The van der Waals surface area contributed by atoms with Gasteiger partial charge in [-0.15, -0.1) is 12.4 Å². The number of nitrogens with zero attached hydrogens (tertiary/aromatic N) is 2. The second kappa shape index (κ2) is 12.7. The number of carbonyl (C=O) groups is 1. The molecule has 4 aromatic rings. The summed E-state index contributed by atoms with van der Waals surface area (Å²) in [7, 11) is 4.23. The van der Waals surface area contributed by atoms with Gasteiger partial charge in [-0.05, 0) is 31.5 Å². The normalized spacial score (nSPS) is 11.8. The fourth-order valence-corrected chi connectivity index (χ4v) is 9.25. The van der Waals surface area contributed by atoms with Gasteiger partial charge in [-0.2, -0.15) is 0 Å². The summed E-state index contributed by atoms with van der Waals surface area (Å²) >= 11 is 0.646. The first kappa shape index (κ1) is 28.2. The molecule has 0 aliphatic carbocycles. The Kier molecular flexibility index (Phi) is 9.98. The molecule has 0 radical (unpaired) electrons. The van der Waals surface area contributed by atoms with Crippen molar-refractivity contribution in [3.63, 3.8) is 0 Å². The average molecular weight is 586 g/mol. The Morgan fingerprint density at radius 1 is 1.08 bits per heavy atom. The van der Waals surface area contributed by atoms with Gasteiger partial charge in [0.2, 0.25) is 0 Å². The smallest absolute Gasteiger partial charge is 0.0164 e. The fraction of sp³-hybridized carbons (Fsp3) is 0.286. The average Bonchev–Trinajstić information content (AvgIpc) is 3.26. The number of carbonyl (C=O) groups excluding carboxylic acids is 1. The predicted octanol–water partition coefficient (Wildman–Crippen LogP) is 6.24. The minimum atomic E-state index is -1.13. The summed E-state index contributed by atoms with van der Waals surface area (Å²) in [4.78, 5) is 20.0. The minimum absolute atomic E-state index is 0. The van der Waals surface area contributed by atoms with E-state index in [1.807, 2.05) is 61.5 Å². The number of thiazole rings is 1. The molecule has 4 rings (SSSR count). The Bertz CT molecular complexity index is 1320. The third kappa shape index (κ3) is 6.89. The molecule has 8 heteroatoms. The maximum Gasteiger partial charge on any atom is -0.0164 e. The number of fused-ring (bicyclic) bond motifs is 1. The molecule has 1 N–H and O–H groups in total. The molecule has 0 saturated heterocycles. The van der Waals surface area contributed by atoms with Gasteiger partial charge >= 0.3 is 162 Å². The standard InChI is InChI=1S/C28H32AsN3O2S.ClH/c1-6-34-23-12-13-24(19(2)17-23)20-7-9-21(10-8-20)27(33)30-22-11-14-25-26(18-22)35-28(31-25)29(3)15-16-32(4)5;/h7-14,17-18H,6,15-16H2,1-5H3,(H,30,33);1H. The molecule has 190 valence electrons. The van der Waals surface area contributed by atoms with Gasteiger partial charge in [0.25, 0.3) is 0 Å². The van der Waals surface area contributed by atoms with Crippen LogP contribution in [0.2, 0.25) is 10.9 Å². The quantitative estimate of drug-likeness (QED) is 0.236. The largest absolute Gasteiger partial charge is 0.147 e. The molecule has 3 aromatic carbocycles. The number of aryl methyl sites for hydroxylation is 1. The number of rotatable bonds is 9. The van der Waals surface area contributed by atoms with Gasteiger partial charge < -0.3 is 4.74 Å². The van der Waals surface area contributed by atoms with Crippen LogP contribution in [0.5, 0.6) is 5.75 Å². The Balaban J connectivity index is 0.00000361. The monoisotopic (exact) mass is 585 g/mol. The van der Waals surface area contributed by atoms with Gasteiger partial charge in [0, 0.05) is 0 Å². The molecule has 5 nitrogen and oxygen atoms in total. The number of hydrogen-bond donors (Lipinski definition) is 1. The van der Waals surface area contributed by atoms with Crippen molar-refractivity contribution in [3.05, 3.63) is 71.8 Å². The third-order valence-corrected chi connectivity index (χ3v) is 12.2. The van der Waals surface area contributed by atoms with Crippen LogP contribution in [0.3, 0.4) is 0 Å². The van der Waals surface area contributed by atoms with Crippen molar-refractivity contribution in [2.75, 3.05) is 32.6 Å². The molecule has 0 saturated carbocycles. The number of benzene rings is 3. The first-order chi connectivity index (χ1) is 16.8. The second-order valence-electron chi connectivity index (χ2n) is 8.84. The van der Waals surface area contributed by atoms with E-state index < -0.39 is 14.7 Å². The number of hydrogen-bond acceptors (Lipinski definition) is 5. The van der Waals surface area contributed by atoms with Crippen LogP contribution in [0.15, 0.2) is 60.7 Å². The Morgan fingerprint density at radius 2 is 1.83 bits per heavy atom. The molecule has 0 fully saturated rings. The number of nitrogens with one attached hydrogen (secondary N) is 1. The number of halogens is 1. The van der Waals surface area contributed by atoms with E-state index in [1.165, 1.54) is 9.00 Å². The molecule has 1 heterocycles. The van der Waals surface area contributed by atoms with Crippen LogP contribution in [-0.4, -0.2) is 57.7 Å². The molecule has 1 amide bonds. The van der Waals surface area contributed by atoms with Crippen molar-refractivity contribution in [1.82, 2.24) is 9.88 Å². The summed E-state index contributed by atoms with van der Waals surface area (Å²) in [5, 5.41) is 4.27. The summed E-state index contributed by atoms with van der Waals surface area (Å²) in [6.07, 6.45) is 0. The maximum absolute atomic E-state index is 12.9. The summed E-state index contributed by atoms with van der Waals surface area (Å²) in [6.45, 7) is 5.81. The van der Waals surface area contributed by atoms with Crippen LogP contribution in [0, 0.1) is 6.92 Å². The van der Waals surface area contributed by atoms with Crippen molar-refractivity contribution >= 4 is 64.0 Å². The molecule has 1 unspecified atom stereocenters. The predicted molar refractivity (Wildman–Crippen MR) is 157 cm³/mol. The van der Waals surface area contributed by atoms with E-state index >= 15 is 0 Å². The Hall–Kier alpha value is -2.37. The minimum Gasteiger partial charge on any atom is -0.147 e. The van der Waals surface area contributed by atoms with E-state index in [-0.39, 0.29) is 18.3 Å². The van der Waals surface area contributed by atoms with Crippen LogP contribution in [0.1, 0.15) is 22.8 Å². The van der Waals surface area contributed by atoms with E-state index in [2.05, 4.69) is 43.0 Å². The van der Waals surface area contributed by atoms with Crippen molar-refractivity contribution in [2.24, 2.45) is 0 Å². The maximum atomic E-state index is 12.9. The van der Waals surface area contributed by atoms with Crippen molar-refractivity contribution in [1.29, 1.82) is 0 Å².